The minimum Gasteiger partial charge on any atom is -0.465 e. The molecule has 0 saturated heterocycles. The Morgan fingerprint density at radius 1 is 1.75 bits per heavy atom. The molecule has 0 aromatic carbocycles. The third-order valence-corrected chi connectivity index (χ3v) is 1.57. The molecule has 0 fully saturated rings. The van der Waals surface area contributed by atoms with Crippen LogP contribution in [0.25, 0.3) is 0 Å². The van der Waals surface area contributed by atoms with E-state index in [1.54, 1.807) is 0 Å². The van der Waals surface area contributed by atoms with Crippen LogP contribution in [0.2, 0.25) is 0 Å². The molecule has 6 heteroatoms. The number of nitrogens with zero attached hydrogens (tertiary/aromatic N) is 2. The van der Waals surface area contributed by atoms with Crippen molar-refractivity contribution in [3.05, 3.63) is 0 Å². The highest BCUT2D eigenvalue weighted by molar-refractivity contribution is 5.72. The van der Waals surface area contributed by atoms with Gasteiger partial charge in [0, 0.05) is 6.21 Å². The van der Waals surface area contributed by atoms with Gasteiger partial charge in [0.25, 0.3) is 6.43 Å². The standard InChI is InChI=1S/C6H8F2N2O2/c7-5(8)4-3-10(6(11)12)2-1-9-4/h1,4-5H,2-3H2,(H,11,12). The summed E-state index contributed by atoms with van der Waals surface area (Å²) in [6, 6.07) is -1.20. The second kappa shape index (κ2) is 3.46. The summed E-state index contributed by atoms with van der Waals surface area (Å²) in [7, 11) is 0. The minimum atomic E-state index is -2.59. The number of rotatable bonds is 1. The Morgan fingerprint density at radius 3 is 2.92 bits per heavy atom. The molecule has 0 saturated carbocycles. The Hall–Kier alpha value is -1.20. The summed E-state index contributed by atoms with van der Waals surface area (Å²) < 4.78 is 24.0. The molecule has 4 nitrogen and oxygen atoms in total. The Labute approximate surface area is 67.5 Å². The van der Waals surface area contributed by atoms with Gasteiger partial charge in [-0.25, -0.2) is 13.6 Å². The maximum atomic E-state index is 12.0. The van der Waals surface area contributed by atoms with Crippen molar-refractivity contribution in [2.24, 2.45) is 4.99 Å². The van der Waals surface area contributed by atoms with Crippen LogP contribution in [0.4, 0.5) is 13.6 Å². The predicted octanol–water partition coefficient (Wildman–Crippen LogP) is 0.685. The molecule has 1 atom stereocenters. The molecule has 0 aliphatic carbocycles. The van der Waals surface area contributed by atoms with Gasteiger partial charge in [-0.3, -0.25) is 4.99 Å². The van der Waals surface area contributed by atoms with Crippen LogP contribution in [-0.2, 0) is 0 Å². The van der Waals surface area contributed by atoms with Gasteiger partial charge in [0.05, 0.1) is 13.1 Å². The Kier molecular flexibility index (Phi) is 2.57. The molecule has 1 aliphatic heterocycles. The van der Waals surface area contributed by atoms with Gasteiger partial charge in [-0.1, -0.05) is 0 Å². The molecule has 1 heterocycles. The number of carboxylic acid groups (broad SMARTS) is 1. The van der Waals surface area contributed by atoms with Crippen molar-refractivity contribution in [2.45, 2.75) is 12.5 Å². The summed E-state index contributed by atoms with van der Waals surface area (Å²) in [5.74, 6) is 0. The summed E-state index contributed by atoms with van der Waals surface area (Å²) in [5.41, 5.74) is 0. The number of hydrogen-bond acceptors (Lipinski definition) is 2. The summed E-state index contributed by atoms with van der Waals surface area (Å²) in [4.78, 5) is 14.7. The third-order valence-electron chi connectivity index (χ3n) is 1.57. The average Bonchev–Trinajstić information content (AvgIpc) is 2.04. The van der Waals surface area contributed by atoms with Gasteiger partial charge in [-0.15, -0.1) is 0 Å². The SMILES string of the molecule is O=C(O)N1CC=NC(C(F)F)C1. The quantitative estimate of drug-likeness (QED) is 0.642. The fourth-order valence-corrected chi connectivity index (χ4v) is 0.929. The van der Waals surface area contributed by atoms with Gasteiger partial charge in [0.15, 0.2) is 0 Å². The van der Waals surface area contributed by atoms with Crippen LogP contribution < -0.4 is 0 Å². The van der Waals surface area contributed by atoms with Gasteiger partial charge in [-0.2, -0.15) is 0 Å². The molecular weight excluding hydrogens is 170 g/mol. The van der Waals surface area contributed by atoms with Crippen LogP contribution >= 0.6 is 0 Å². The second-order valence-corrected chi connectivity index (χ2v) is 2.42. The van der Waals surface area contributed by atoms with E-state index in [0.717, 1.165) is 4.90 Å². The third kappa shape index (κ3) is 1.90. The summed E-state index contributed by atoms with van der Waals surface area (Å²) >= 11 is 0. The predicted molar refractivity (Wildman–Crippen MR) is 37.9 cm³/mol. The van der Waals surface area contributed by atoms with Gasteiger partial charge in [0.1, 0.15) is 6.04 Å². The van der Waals surface area contributed by atoms with E-state index >= 15 is 0 Å². The maximum Gasteiger partial charge on any atom is 0.407 e. The molecule has 0 spiro atoms. The van der Waals surface area contributed by atoms with Crippen molar-refractivity contribution >= 4 is 12.3 Å². The first-order valence-corrected chi connectivity index (χ1v) is 3.39. The van der Waals surface area contributed by atoms with Crippen LogP contribution in [0, 0.1) is 0 Å². The highest BCUT2D eigenvalue weighted by Crippen LogP contribution is 2.10. The molecule has 0 aromatic heterocycles. The van der Waals surface area contributed by atoms with E-state index < -0.39 is 18.6 Å². The largest absolute Gasteiger partial charge is 0.465 e. The molecule has 1 aliphatic rings. The zero-order valence-electron chi connectivity index (χ0n) is 6.15. The van der Waals surface area contributed by atoms with Gasteiger partial charge < -0.3 is 10.0 Å². The number of aliphatic imine (C=N–C) groups is 1. The van der Waals surface area contributed by atoms with Crippen LogP contribution in [0.1, 0.15) is 0 Å². The highest BCUT2D eigenvalue weighted by atomic mass is 19.3. The first kappa shape index (κ1) is 8.89. The first-order valence-electron chi connectivity index (χ1n) is 3.39. The second-order valence-electron chi connectivity index (χ2n) is 2.42. The Balaban J connectivity index is 2.57. The lowest BCUT2D eigenvalue weighted by Crippen LogP contribution is -2.43. The van der Waals surface area contributed by atoms with Crippen molar-refractivity contribution in [3.63, 3.8) is 0 Å². The average molecular weight is 178 g/mol. The van der Waals surface area contributed by atoms with Crippen LogP contribution in [0.5, 0.6) is 0 Å². The Morgan fingerprint density at radius 2 is 2.42 bits per heavy atom. The van der Waals surface area contributed by atoms with Crippen LogP contribution in [0.3, 0.4) is 0 Å². The number of hydrogen-bond donors (Lipinski definition) is 1. The highest BCUT2D eigenvalue weighted by Gasteiger charge is 2.26. The lowest BCUT2D eigenvalue weighted by molar-refractivity contribution is 0.0886. The van der Waals surface area contributed by atoms with E-state index in [9.17, 15) is 13.6 Å². The molecule has 0 radical (unpaired) electrons. The zero-order chi connectivity index (χ0) is 9.14. The van der Waals surface area contributed by atoms with E-state index in [2.05, 4.69) is 4.99 Å². The number of carbonyl (C=O) groups is 1. The fraction of sp³-hybridized carbons (Fsp3) is 0.667. The summed E-state index contributed by atoms with van der Waals surface area (Å²) in [6.45, 7) is -0.123. The lowest BCUT2D eigenvalue weighted by Gasteiger charge is -2.24. The van der Waals surface area contributed by atoms with E-state index in [1.807, 2.05) is 0 Å². The minimum absolute atomic E-state index is 0.0958. The molecule has 1 N–H and O–H groups in total. The van der Waals surface area contributed by atoms with Crippen molar-refractivity contribution < 1.29 is 18.7 Å². The molecular formula is C6H8F2N2O2. The Bertz CT molecular complexity index is 208. The molecule has 12 heavy (non-hydrogen) atoms. The maximum absolute atomic E-state index is 12.0. The van der Waals surface area contributed by atoms with Crippen LogP contribution in [0.15, 0.2) is 4.99 Å². The van der Waals surface area contributed by atoms with Crippen molar-refractivity contribution in [1.29, 1.82) is 0 Å². The molecule has 68 valence electrons. The van der Waals surface area contributed by atoms with Crippen molar-refractivity contribution in [2.75, 3.05) is 13.1 Å². The van der Waals surface area contributed by atoms with Crippen molar-refractivity contribution in [3.8, 4) is 0 Å². The zero-order valence-corrected chi connectivity index (χ0v) is 6.15. The first-order chi connectivity index (χ1) is 5.61. The van der Waals surface area contributed by atoms with E-state index in [0.29, 0.717) is 0 Å². The molecule has 1 unspecified atom stereocenters. The van der Waals surface area contributed by atoms with Gasteiger partial charge in [0.2, 0.25) is 0 Å². The lowest BCUT2D eigenvalue weighted by atomic mass is 10.2. The monoisotopic (exact) mass is 178 g/mol. The number of amides is 1. The van der Waals surface area contributed by atoms with Gasteiger partial charge >= 0.3 is 6.09 Å². The van der Waals surface area contributed by atoms with Crippen molar-refractivity contribution in [1.82, 2.24) is 4.90 Å². The molecule has 0 bridgehead atoms. The van der Waals surface area contributed by atoms with E-state index in [1.165, 1.54) is 6.21 Å². The van der Waals surface area contributed by atoms with Crippen LogP contribution in [-0.4, -0.2) is 47.9 Å². The molecule has 0 aromatic rings. The van der Waals surface area contributed by atoms with E-state index in [-0.39, 0.29) is 13.1 Å². The van der Waals surface area contributed by atoms with Gasteiger partial charge in [-0.05, 0) is 0 Å². The molecule has 1 amide bonds. The normalized spacial score (nSPS) is 23.2. The summed E-state index contributed by atoms with van der Waals surface area (Å²) in [5, 5.41) is 8.46. The van der Waals surface area contributed by atoms with E-state index in [4.69, 9.17) is 5.11 Å². The number of alkyl halides is 2. The smallest absolute Gasteiger partial charge is 0.407 e. The number of halogens is 2. The molecule has 1 rings (SSSR count). The fourth-order valence-electron chi connectivity index (χ4n) is 0.929. The summed E-state index contributed by atoms with van der Waals surface area (Å²) in [6.07, 6.45) is -2.58. The topological polar surface area (TPSA) is 52.9 Å².